The number of rotatable bonds is 4. The van der Waals surface area contributed by atoms with E-state index in [1.54, 1.807) is 46.0 Å². The van der Waals surface area contributed by atoms with Gasteiger partial charge >= 0.3 is 0 Å². The number of amides is 2. The Morgan fingerprint density at radius 2 is 2.04 bits per heavy atom. The van der Waals surface area contributed by atoms with Crippen LogP contribution in [0.2, 0.25) is 0 Å². The van der Waals surface area contributed by atoms with Gasteiger partial charge in [-0.25, -0.2) is 4.98 Å². The van der Waals surface area contributed by atoms with Crippen LogP contribution in [0.15, 0.2) is 41.8 Å². The second-order valence-corrected chi connectivity index (χ2v) is 7.39. The number of carbonyl (C=O) groups is 2. The van der Waals surface area contributed by atoms with E-state index in [1.165, 1.54) is 0 Å². The maximum atomic E-state index is 12.7. The Kier molecular flexibility index (Phi) is 4.49. The molecule has 1 aliphatic heterocycles. The molecule has 0 N–H and O–H groups in total. The molecule has 0 radical (unpaired) electrons. The molecule has 2 aromatic heterocycles. The smallest absolute Gasteiger partial charge is 0.274 e. The molecule has 0 bridgehead atoms. The van der Waals surface area contributed by atoms with E-state index in [1.807, 2.05) is 35.7 Å². The summed E-state index contributed by atoms with van der Waals surface area (Å²) in [4.78, 5) is 32.7. The predicted molar refractivity (Wildman–Crippen MR) is 103 cm³/mol. The number of benzene rings is 1. The van der Waals surface area contributed by atoms with Crippen LogP contribution in [0.4, 0.5) is 0 Å². The zero-order valence-electron chi connectivity index (χ0n) is 15.1. The number of fused-ring (bicyclic) bond motifs is 1. The normalized spacial score (nSPS) is 13.6. The molecule has 0 saturated heterocycles. The van der Waals surface area contributed by atoms with E-state index in [0.717, 1.165) is 16.3 Å². The lowest BCUT2D eigenvalue weighted by Crippen LogP contribution is -2.37. The molecule has 3 aromatic rings. The van der Waals surface area contributed by atoms with Crippen LogP contribution in [-0.2, 0) is 13.1 Å². The summed E-state index contributed by atoms with van der Waals surface area (Å²) in [6.07, 6.45) is 0. The first kappa shape index (κ1) is 17.4. The molecule has 1 aliphatic rings. The van der Waals surface area contributed by atoms with E-state index in [9.17, 15) is 9.59 Å². The van der Waals surface area contributed by atoms with E-state index in [4.69, 9.17) is 0 Å². The van der Waals surface area contributed by atoms with Crippen LogP contribution in [0.3, 0.4) is 0 Å². The number of hydrogen-bond donors (Lipinski definition) is 0. The number of hydrogen-bond acceptors (Lipinski definition) is 5. The minimum absolute atomic E-state index is 0.109. The van der Waals surface area contributed by atoms with Crippen LogP contribution in [0.25, 0.3) is 10.6 Å². The Bertz CT molecular complexity index is 995. The van der Waals surface area contributed by atoms with E-state index in [2.05, 4.69) is 10.1 Å². The van der Waals surface area contributed by atoms with Gasteiger partial charge in [0.2, 0.25) is 0 Å². The van der Waals surface area contributed by atoms with Gasteiger partial charge in [0.15, 0.2) is 5.69 Å². The molecule has 138 valence electrons. The number of nitrogens with zero attached hydrogens (tertiary/aromatic N) is 5. The van der Waals surface area contributed by atoms with Crippen molar-refractivity contribution in [3.8, 4) is 10.6 Å². The predicted octanol–water partition coefficient (Wildman–Crippen LogP) is 2.36. The number of aromatic nitrogens is 3. The molecule has 0 unspecified atom stereocenters. The topological polar surface area (TPSA) is 71.3 Å². The summed E-state index contributed by atoms with van der Waals surface area (Å²) in [6, 6.07) is 11.5. The second-order valence-electron chi connectivity index (χ2n) is 6.54. The van der Waals surface area contributed by atoms with Crippen molar-refractivity contribution >= 4 is 23.2 Å². The number of carbonyl (C=O) groups excluding carboxylic acids is 2. The van der Waals surface area contributed by atoms with Gasteiger partial charge in [0.1, 0.15) is 10.7 Å². The molecule has 1 aromatic carbocycles. The van der Waals surface area contributed by atoms with Crippen molar-refractivity contribution in [3.63, 3.8) is 0 Å². The molecule has 2 amide bonds. The molecule has 27 heavy (non-hydrogen) atoms. The van der Waals surface area contributed by atoms with Crippen molar-refractivity contribution < 1.29 is 9.59 Å². The highest BCUT2D eigenvalue weighted by Crippen LogP contribution is 2.24. The Hall–Kier alpha value is -3.00. The molecule has 0 spiro atoms. The van der Waals surface area contributed by atoms with Crippen molar-refractivity contribution in [2.75, 3.05) is 20.6 Å². The second kappa shape index (κ2) is 6.96. The molecule has 0 aliphatic carbocycles. The van der Waals surface area contributed by atoms with Crippen molar-refractivity contribution in [2.45, 2.75) is 13.1 Å². The Labute approximate surface area is 160 Å². The molecule has 8 heteroatoms. The summed E-state index contributed by atoms with van der Waals surface area (Å²) < 4.78 is 1.61. The zero-order chi connectivity index (χ0) is 19.0. The van der Waals surface area contributed by atoms with Crippen LogP contribution in [0, 0.1) is 0 Å². The first-order chi connectivity index (χ1) is 13.0. The summed E-state index contributed by atoms with van der Waals surface area (Å²) in [7, 11) is 3.47. The summed E-state index contributed by atoms with van der Waals surface area (Å²) in [6.45, 7) is 1.58. The van der Waals surface area contributed by atoms with Crippen molar-refractivity contribution in [3.05, 3.63) is 58.9 Å². The highest BCUT2D eigenvalue weighted by Gasteiger charge is 2.26. The van der Waals surface area contributed by atoms with Gasteiger partial charge in [-0.2, -0.15) is 5.10 Å². The van der Waals surface area contributed by atoms with Gasteiger partial charge < -0.3 is 9.80 Å². The van der Waals surface area contributed by atoms with E-state index < -0.39 is 0 Å². The Morgan fingerprint density at radius 3 is 2.81 bits per heavy atom. The molecule has 0 fully saturated rings. The van der Waals surface area contributed by atoms with Gasteiger partial charge in [-0.05, 0) is 0 Å². The average molecular weight is 381 g/mol. The highest BCUT2D eigenvalue weighted by atomic mass is 32.1. The maximum Gasteiger partial charge on any atom is 0.274 e. The average Bonchev–Trinajstić information content (AvgIpc) is 3.32. The summed E-state index contributed by atoms with van der Waals surface area (Å²) in [5.41, 5.74) is 2.64. The van der Waals surface area contributed by atoms with Gasteiger partial charge in [-0.3, -0.25) is 14.3 Å². The largest absolute Gasteiger partial charge is 0.339 e. The minimum atomic E-state index is -0.221. The van der Waals surface area contributed by atoms with E-state index >= 15 is 0 Å². The summed E-state index contributed by atoms with van der Waals surface area (Å²) in [5, 5.41) is 7.20. The maximum absolute atomic E-state index is 12.7. The first-order valence-electron chi connectivity index (χ1n) is 8.61. The fourth-order valence-corrected chi connectivity index (χ4v) is 3.83. The molecule has 4 rings (SSSR count). The molecular weight excluding hydrogens is 362 g/mol. The molecular formula is C19H19N5O2S. The lowest BCUT2D eigenvalue weighted by molar-refractivity contribution is 0.0738. The molecule has 0 atom stereocenters. The zero-order valence-corrected chi connectivity index (χ0v) is 15.9. The fourth-order valence-electron chi connectivity index (χ4n) is 3.01. The van der Waals surface area contributed by atoms with Gasteiger partial charge in [-0.15, -0.1) is 11.3 Å². The number of likely N-dealkylation sites (N-methyl/N-ethyl adjacent to an activating group) is 1. The SMILES string of the molecule is CN(Cc1csc(-c2ccccc2)n1)C(=O)c1cc2n(n1)CCN(C)C2=O. The van der Waals surface area contributed by atoms with Crippen LogP contribution in [0.5, 0.6) is 0 Å². The van der Waals surface area contributed by atoms with Crippen LogP contribution >= 0.6 is 11.3 Å². The molecule has 3 heterocycles. The monoisotopic (exact) mass is 381 g/mol. The van der Waals surface area contributed by atoms with Crippen LogP contribution < -0.4 is 0 Å². The molecule has 7 nitrogen and oxygen atoms in total. The van der Waals surface area contributed by atoms with Crippen molar-refractivity contribution in [1.29, 1.82) is 0 Å². The lowest BCUT2D eigenvalue weighted by Gasteiger charge is -2.22. The van der Waals surface area contributed by atoms with Gasteiger partial charge in [0.25, 0.3) is 11.8 Å². The quantitative estimate of drug-likeness (QED) is 0.696. The minimum Gasteiger partial charge on any atom is -0.339 e. The summed E-state index contributed by atoms with van der Waals surface area (Å²) in [5.74, 6) is -0.330. The third kappa shape index (κ3) is 3.35. The van der Waals surface area contributed by atoms with Crippen LogP contribution in [0.1, 0.15) is 26.7 Å². The molecule has 0 saturated carbocycles. The first-order valence-corrected chi connectivity index (χ1v) is 9.49. The Morgan fingerprint density at radius 1 is 1.26 bits per heavy atom. The highest BCUT2D eigenvalue weighted by molar-refractivity contribution is 7.13. The van der Waals surface area contributed by atoms with Gasteiger partial charge in [-0.1, -0.05) is 30.3 Å². The third-order valence-electron chi connectivity index (χ3n) is 4.53. The van der Waals surface area contributed by atoms with Crippen LogP contribution in [-0.4, -0.2) is 57.0 Å². The third-order valence-corrected chi connectivity index (χ3v) is 5.47. The summed E-state index contributed by atoms with van der Waals surface area (Å²) >= 11 is 1.56. The van der Waals surface area contributed by atoms with Gasteiger partial charge in [0.05, 0.1) is 18.8 Å². The Balaban J connectivity index is 1.48. The van der Waals surface area contributed by atoms with E-state index in [-0.39, 0.29) is 17.5 Å². The van der Waals surface area contributed by atoms with Crippen molar-refractivity contribution in [2.24, 2.45) is 0 Å². The standard InChI is InChI=1S/C19H19N5O2S/c1-22-8-9-24-16(19(22)26)10-15(21-24)18(25)23(2)11-14-12-27-17(20-14)13-6-4-3-5-7-13/h3-7,10,12H,8-9,11H2,1-2H3. The van der Waals surface area contributed by atoms with Gasteiger partial charge in [0, 0.05) is 37.6 Å². The number of thiazole rings is 1. The fraction of sp³-hybridized carbons (Fsp3) is 0.263. The van der Waals surface area contributed by atoms with Crippen molar-refractivity contribution in [1.82, 2.24) is 24.6 Å². The lowest BCUT2D eigenvalue weighted by atomic mass is 10.2. The van der Waals surface area contributed by atoms with E-state index in [0.29, 0.717) is 25.3 Å².